The van der Waals surface area contributed by atoms with Crippen LogP contribution in [0.15, 0.2) is 48.5 Å². The molecular formula is C24H22N4O. The van der Waals surface area contributed by atoms with Crippen molar-refractivity contribution < 1.29 is 5.11 Å². The molecule has 0 atom stereocenters. The molecule has 0 radical (unpaired) electrons. The maximum Gasteiger partial charge on any atom is 0.160 e. The van der Waals surface area contributed by atoms with E-state index in [0.29, 0.717) is 12.1 Å². The molecule has 5 heteroatoms. The number of rotatable bonds is 4. The van der Waals surface area contributed by atoms with Crippen molar-refractivity contribution in [3.63, 3.8) is 0 Å². The van der Waals surface area contributed by atoms with Crippen LogP contribution in [0.2, 0.25) is 0 Å². The van der Waals surface area contributed by atoms with Gasteiger partial charge < -0.3 is 9.67 Å². The Morgan fingerprint density at radius 3 is 2.48 bits per heavy atom. The summed E-state index contributed by atoms with van der Waals surface area (Å²) in [4.78, 5) is 9.54. The minimum Gasteiger partial charge on any atom is -0.508 e. The van der Waals surface area contributed by atoms with Crippen LogP contribution in [0.1, 0.15) is 35.1 Å². The number of hydrogen-bond donors (Lipinski definition) is 1. The second kappa shape index (κ2) is 7.40. The van der Waals surface area contributed by atoms with E-state index in [9.17, 15) is 10.4 Å². The van der Waals surface area contributed by atoms with Gasteiger partial charge in [-0.2, -0.15) is 5.26 Å². The second-order valence-electron chi connectivity index (χ2n) is 7.26. The zero-order chi connectivity index (χ0) is 20.5. The molecule has 0 saturated heterocycles. The number of aryl methyl sites for hydroxylation is 3. The summed E-state index contributed by atoms with van der Waals surface area (Å²) < 4.78 is 2.18. The number of phenolic OH excluding ortho intramolecular Hbond substituents is 1. The summed E-state index contributed by atoms with van der Waals surface area (Å²) in [6, 6.07) is 17.1. The fraction of sp³-hybridized carbons (Fsp3) is 0.208. The third-order valence-electron chi connectivity index (χ3n) is 5.15. The molecule has 4 rings (SSSR count). The van der Waals surface area contributed by atoms with Crippen LogP contribution < -0.4 is 0 Å². The van der Waals surface area contributed by atoms with Gasteiger partial charge in [0.15, 0.2) is 5.65 Å². The van der Waals surface area contributed by atoms with E-state index < -0.39 is 0 Å². The van der Waals surface area contributed by atoms with Crippen molar-refractivity contribution in [2.45, 2.75) is 33.7 Å². The maximum atomic E-state index is 9.80. The highest BCUT2D eigenvalue weighted by Gasteiger charge is 2.14. The van der Waals surface area contributed by atoms with Crippen LogP contribution in [0.4, 0.5) is 0 Å². The molecule has 2 aromatic heterocycles. The number of imidazole rings is 1. The average molecular weight is 382 g/mol. The highest BCUT2D eigenvalue weighted by Crippen LogP contribution is 2.28. The number of nitrogens with zero attached hydrogens (tertiary/aromatic N) is 4. The van der Waals surface area contributed by atoms with E-state index in [0.717, 1.165) is 51.4 Å². The molecule has 0 fully saturated rings. The summed E-state index contributed by atoms with van der Waals surface area (Å²) in [6.45, 7) is 6.87. The normalized spacial score (nSPS) is 11.0. The number of pyridine rings is 1. The molecule has 0 bridgehead atoms. The standard InChI is InChI=1S/C24H22N4O/c1-4-22-27-23-15(2)11-16(3)26-24(23)28(22)14-17-5-7-18(8-6-17)21-12-20(29)10-9-19(21)13-25/h5-12,29H,4,14H2,1-3H3. The smallest absolute Gasteiger partial charge is 0.160 e. The van der Waals surface area contributed by atoms with Crippen LogP contribution in [-0.2, 0) is 13.0 Å². The predicted octanol–water partition coefficient (Wildman–Crippen LogP) is 4.90. The Labute approximate surface area is 169 Å². The zero-order valence-corrected chi connectivity index (χ0v) is 16.8. The molecule has 29 heavy (non-hydrogen) atoms. The number of aromatic hydroxyl groups is 1. The molecule has 0 saturated carbocycles. The fourth-order valence-corrected chi connectivity index (χ4v) is 3.73. The monoisotopic (exact) mass is 382 g/mol. The van der Waals surface area contributed by atoms with E-state index >= 15 is 0 Å². The van der Waals surface area contributed by atoms with Crippen molar-refractivity contribution in [3.05, 3.63) is 76.7 Å². The van der Waals surface area contributed by atoms with Gasteiger partial charge in [-0.15, -0.1) is 0 Å². The Bertz CT molecular complexity index is 1250. The van der Waals surface area contributed by atoms with Crippen molar-refractivity contribution in [1.82, 2.24) is 14.5 Å². The third kappa shape index (κ3) is 3.45. The Balaban J connectivity index is 1.72. The van der Waals surface area contributed by atoms with Crippen molar-refractivity contribution >= 4 is 11.2 Å². The molecule has 0 unspecified atom stereocenters. The first-order chi connectivity index (χ1) is 14.0. The molecule has 4 aromatic rings. The molecule has 5 nitrogen and oxygen atoms in total. The summed E-state index contributed by atoms with van der Waals surface area (Å²) in [6.07, 6.45) is 0.835. The number of nitriles is 1. The topological polar surface area (TPSA) is 74.7 Å². The summed E-state index contributed by atoms with van der Waals surface area (Å²) in [5.74, 6) is 1.17. The lowest BCUT2D eigenvalue weighted by Gasteiger charge is -2.10. The summed E-state index contributed by atoms with van der Waals surface area (Å²) in [7, 11) is 0. The number of benzene rings is 2. The van der Waals surface area contributed by atoms with Gasteiger partial charge in [0.05, 0.1) is 18.2 Å². The minimum atomic E-state index is 0.150. The SMILES string of the molecule is CCc1nc2c(C)cc(C)nc2n1Cc1ccc(-c2cc(O)ccc2C#N)cc1. The van der Waals surface area contributed by atoms with Gasteiger partial charge in [0, 0.05) is 17.7 Å². The largest absolute Gasteiger partial charge is 0.508 e. The zero-order valence-electron chi connectivity index (χ0n) is 16.8. The minimum absolute atomic E-state index is 0.150. The molecule has 1 N–H and O–H groups in total. The van der Waals surface area contributed by atoms with Crippen molar-refractivity contribution in [2.75, 3.05) is 0 Å². The molecule has 0 amide bonds. The van der Waals surface area contributed by atoms with Crippen LogP contribution in [0, 0.1) is 25.2 Å². The Morgan fingerprint density at radius 2 is 1.79 bits per heavy atom. The number of phenols is 1. The molecule has 2 heterocycles. The highest BCUT2D eigenvalue weighted by atomic mass is 16.3. The van der Waals surface area contributed by atoms with Gasteiger partial charge in [-0.3, -0.25) is 0 Å². The molecule has 0 aliphatic heterocycles. The molecule has 0 spiro atoms. The number of hydrogen-bond acceptors (Lipinski definition) is 4. The van der Waals surface area contributed by atoms with E-state index in [2.05, 4.69) is 42.7 Å². The van der Waals surface area contributed by atoms with Crippen LogP contribution in [0.5, 0.6) is 5.75 Å². The van der Waals surface area contributed by atoms with E-state index in [1.165, 1.54) is 6.07 Å². The summed E-state index contributed by atoms with van der Waals surface area (Å²) >= 11 is 0. The first-order valence-electron chi connectivity index (χ1n) is 9.66. The fourth-order valence-electron chi connectivity index (χ4n) is 3.73. The van der Waals surface area contributed by atoms with Gasteiger partial charge in [0.1, 0.15) is 17.1 Å². The van der Waals surface area contributed by atoms with Gasteiger partial charge in [0.25, 0.3) is 0 Å². The summed E-state index contributed by atoms with van der Waals surface area (Å²) in [5, 5.41) is 19.1. The Morgan fingerprint density at radius 1 is 1.03 bits per heavy atom. The van der Waals surface area contributed by atoms with E-state index in [1.807, 2.05) is 19.1 Å². The van der Waals surface area contributed by atoms with Crippen LogP contribution in [0.3, 0.4) is 0 Å². The molecule has 0 aliphatic rings. The quantitative estimate of drug-likeness (QED) is 0.544. The average Bonchev–Trinajstić information content (AvgIpc) is 3.06. The highest BCUT2D eigenvalue weighted by molar-refractivity contribution is 5.76. The molecule has 144 valence electrons. The second-order valence-corrected chi connectivity index (χ2v) is 7.26. The van der Waals surface area contributed by atoms with E-state index in [4.69, 9.17) is 9.97 Å². The third-order valence-corrected chi connectivity index (χ3v) is 5.15. The van der Waals surface area contributed by atoms with E-state index in [-0.39, 0.29) is 5.75 Å². The van der Waals surface area contributed by atoms with Gasteiger partial charge in [-0.1, -0.05) is 31.2 Å². The van der Waals surface area contributed by atoms with Gasteiger partial charge >= 0.3 is 0 Å². The predicted molar refractivity (Wildman–Crippen MR) is 114 cm³/mol. The van der Waals surface area contributed by atoms with Crippen molar-refractivity contribution in [2.24, 2.45) is 0 Å². The van der Waals surface area contributed by atoms with Crippen molar-refractivity contribution in [1.29, 1.82) is 5.26 Å². The lowest BCUT2D eigenvalue weighted by Crippen LogP contribution is -2.05. The van der Waals surface area contributed by atoms with Crippen LogP contribution in [-0.4, -0.2) is 19.6 Å². The van der Waals surface area contributed by atoms with Gasteiger partial charge in [0.2, 0.25) is 0 Å². The van der Waals surface area contributed by atoms with Gasteiger partial charge in [-0.25, -0.2) is 9.97 Å². The molecule has 0 aliphatic carbocycles. The number of fused-ring (bicyclic) bond motifs is 1. The Kier molecular flexibility index (Phi) is 4.77. The van der Waals surface area contributed by atoms with Crippen LogP contribution >= 0.6 is 0 Å². The molecular weight excluding hydrogens is 360 g/mol. The lowest BCUT2D eigenvalue weighted by molar-refractivity contribution is 0.475. The van der Waals surface area contributed by atoms with Crippen molar-refractivity contribution in [3.8, 4) is 22.9 Å². The Hall–Kier alpha value is -3.65. The maximum absolute atomic E-state index is 9.80. The number of aromatic nitrogens is 3. The van der Waals surface area contributed by atoms with E-state index in [1.54, 1.807) is 12.1 Å². The first kappa shape index (κ1) is 18.7. The van der Waals surface area contributed by atoms with Gasteiger partial charge in [-0.05, 0) is 54.8 Å². The molecule has 2 aromatic carbocycles. The first-order valence-corrected chi connectivity index (χ1v) is 9.66. The van der Waals surface area contributed by atoms with Crippen LogP contribution in [0.25, 0.3) is 22.3 Å². The summed E-state index contributed by atoms with van der Waals surface area (Å²) in [5.41, 5.74) is 7.31. The lowest BCUT2D eigenvalue weighted by atomic mass is 9.99.